The van der Waals surface area contributed by atoms with Crippen LogP contribution in [-0.4, -0.2) is 36.7 Å². The van der Waals surface area contributed by atoms with Gasteiger partial charge in [0.1, 0.15) is 5.75 Å². The molecule has 0 saturated carbocycles. The first-order valence-electron chi connectivity index (χ1n) is 7.12. The fourth-order valence-electron chi connectivity index (χ4n) is 1.71. The van der Waals surface area contributed by atoms with E-state index in [0.29, 0.717) is 16.3 Å². The summed E-state index contributed by atoms with van der Waals surface area (Å²) in [5.74, 6) is 0.356. The van der Waals surface area contributed by atoms with Crippen molar-refractivity contribution in [2.24, 2.45) is 0 Å². The van der Waals surface area contributed by atoms with Crippen molar-refractivity contribution in [3.05, 3.63) is 52.1 Å². The zero-order valence-corrected chi connectivity index (χ0v) is 16.3. The number of hydrogen-bond donors (Lipinski definition) is 1. The zero-order valence-electron chi connectivity index (χ0n) is 13.3. The predicted molar refractivity (Wildman–Crippen MR) is 105 cm³/mol. The number of carbonyl (C=O) groups is 2. The van der Waals surface area contributed by atoms with Crippen LogP contribution >= 0.6 is 34.4 Å². The molecule has 7 heteroatoms. The molecule has 5 nitrogen and oxygen atoms in total. The molecule has 0 fully saturated rings. The number of para-hydroxylation sites is 1. The van der Waals surface area contributed by atoms with Gasteiger partial charge in [0.25, 0.3) is 11.1 Å². The average Bonchev–Trinajstić information content (AvgIpc) is 2.56. The Morgan fingerprint density at radius 3 is 2.46 bits per heavy atom. The van der Waals surface area contributed by atoms with Crippen molar-refractivity contribution in [2.75, 3.05) is 26.0 Å². The van der Waals surface area contributed by atoms with E-state index in [1.165, 1.54) is 4.90 Å². The van der Waals surface area contributed by atoms with Crippen molar-refractivity contribution < 1.29 is 14.3 Å². The number of rotatable bonds is 5. The van der Waals surface area contributed by atoms with Gasteiger partial charge in [-0.15, -0.1) is 0 Å². The quantitative estimate of drug-likeness (QED) is 0.544. The highest BCUT2D eigenvalue weighted by atomic mass is 127. The van der Waals surface area contributed by atoms with Gasteiger partial charge in [-0.3, -0.25) is 9.59 Å². The number of halogens is 1. The Labute approximate surface area is 158 Å². The van der Waals surface area contributed by atoms with Crippen molar-refractivity contribution in [3.63, 3.8) is 0 Å². The van der Waals surface area contributed by atoms with Crippen LogP contribution in [0.5, 0.6) is 5.75 Å². The summed E-state index contributed by atoms with van der Waals surface area (Å²) in [5.41, 5.74) is 0.592. The Kier molecular flexibility index (Phi) is 6.92. The summed E-state index contributed by atoms with van der Waals surface area (Å²) in [4.78, 5) is 26.1. The van der Waals surface area contributed by atoms with E-state index in [9.17, 15) is 9.59 Å². The Hall–Kier alpha value is -1.74. The van der Waals surface area contributed by atoms with Crippen LogP contribution in [-0.2, 0) is 4.79 Å². The summed E-state index contributed by atoms with van der Waals surface area (Å²) in [6.45, 7) is -0.0960. The van der Waals surface area contributed by atoms with Crippen molar-refractivity contribution in [1.29, 1.82) is 0 Å². The van der Waals surface area contributed by atoms with Gasteiger partial charge >= 0.3 is 0 Å². The Morgan fingerprint density at radius 1 is 1.12 bits per heavy atom. The minimum atomic E-state index is -0.279. The average molecular weight is 456 g/mol. The van der Waals surface area contributed by atoms with Gasteiger partial charge < -0.3 is 15.0 Å². The maximum absolute atomic E-state index is 12.1. The number of ether oxygens (including phenoxy) is 1. The van der Waals surface area contributed by atoms with Crippen molar-refractivity contribution >= 4 is 51.2 Å². The molecule has 0 spiro atoms. The standard InChI is InChI=1S/C17H17IN2O3S/c1-20(2)17(22)24-15-6-4-3-5-14(15)19-16(21)11-23-13-9-7-12(18)8-10-13/h3-10H,11H2,1-2H3,(H,19,21). The number of carbonyl (C=O) groups excluding carboxylic acids is 2. The van der Waals surface area contributed by atoms with E-state index in [1.54, 1.807) is 32.3 Å². The molecule has 0 bridgehead atoms. The van der Waals surface area contributed by atoms with Gasteiger partial charge in [-0.2, -0.15) is 0 Å². The second-order valence-corrected chi connectivity index (χ2v) is 7.29. The third-order valence-electron chi connectivity index (χ3n) is 2.91. The fraction of sp³-hybridized carbons (Fsp3) is 0.176. The molecule has 2 amide bonds. The Balaban J connectivity index is 1.96. The van der Waals surface area contributed by atoms with Crippen LogP contribution in [0.15, 0.2) is 53.4 Å². The van der Waals surface area contributed by atoms with E-state index in [4.69, 9.17) is 4.74 Å². The molecule has 1 N–H and O–H groups in total. The molecule has 0 aliphatic heterocycles. The summed E-state index contributed by atoms with van der Waals surface area (Å²) in [6.07, 6.45) is 0. The van der Waals surface area contributed by atoms with Crippen LogP contribution in [0.1, 0.15) is 0 Å². The predicted octanol–water partition coefficient (Wildman–Crippen LogP) is 4.08. The van der Waals surface area contributed by atoms with Crippen LogP contribution in [0.2, 0.25) is 0 Å². The largest absolute Gasteiger partial charge is 0.484 e. The van der Waals surface area contributed by atoms with Gasteiger partial charge in [-0.25, -0.2) is 0 Å². The zero-order chi connectivity index (χ0) is 17.5. The summed E-state index contributed by atoms with van der Waals surface area (Å²) in [5, 5.41) is 2.67. The van der Waals surface area contributed by atoms with Crippen molar-refractivity contribution in [1.82, 2.24) is 4.90 Å². The minimum Gasteiger partial charge on any atom is -0.484 e. The van der Waals surface area contributed by atoms with Crippen LogP contribution in [0.25, 0.3) is 0 Å². The summed E-state index contributed by atoms with van der Waals surface area (Å²) >= 11 is 3.27. The van der Waals surface area contributed by atoms with Gasteiger partial charge in [0.05, 0.1) is 5.69 Å². The summed E-state index contributed by atoms with van der Waals surface area (Å²) in [6, 6.07) is 14.6. The smallest absolute Gasteiger partial charge is 0.286 e. The maximum atomic E-state index is 12.1. The lowest BCUT2D eigenvalue weighted by Gasteiger charge is -2.13. The molecule has 126 valence electrons. The molecule has 0 saturated heterocycles. The number of anilines is 1. The molecule has 0 radical (unpaired) electrons. The Morgan fingerprint density at radius 2 is 1.79 bits per heavy atom. The normalized spacial score (nSPS) is 10.1. The molecule has 2 rings (SSSR count). The van der Waals surface area contributed by atoms with Crippen LogP contribution in [0.4, 0.5) is 10.5 Å². The second kappa shape index (κ2) is 8.93. The molecule has 0 aromatic heterocycles. The highest BCUT2D eigenvalue weighted by molar-refractivity contribution is 14.1. The van der Waals surface area contributed by atoms with E-state index < -0.39 is 0 Å². The molecule has 0 heterocycles. The van der Waals surface area contributed by atoms with Gasteiger partial charge in [-0.1, -0.05) is 12.1 Å². The first kappa shape index (κ1) is 18.6. The van der Waals surface area contributed by atoms with E-state index in [-0.39, 0.29) is 17.8 Å². The van der Waals surface area contributed by atoms with Crippen LogP contribution < -0.4 is 10.1 Å². The molecule has 0 unspecified atom stereocenters. The third kappa shape index (κ3) is 5.72. The van der Waals surface area contributed by atoms with E-state index in [2.05, 4.69) is 27.9 Å². The molecule has 2 aromatic carbocycles. The summed E-state index contributed by atoms with van der Waals surface area (Å²) in [7, 11) is 3.37. The molecule has 24 heavy (non-hydrogen) atoms. The highest BCUT2D eigenvalue weighted by Gasteiger charge is 2.12. The number of thioether (sulfide) groups is 1. The second-order valence-electron chi connectivity index (χ2n) is 5.05. The van der Waals surface area contributed by atoms with E-state index >= 15 is 0 Å². The van der Waals surface area contributed by atoms with Gasteiger partial charge in [-0.05, 0) is 70.8 Å². The fourth-order valence-corrected chi connectivity index (χ4v) is 2.82. The molecule has 0 aliphatic carbocycles. The minimum absolute atomic E-state index is 0.0960. The lowest BCUT2D eigenvalue weighted by atomic mass is 10.3. The van der Waals surface area contributed by atoms with E-state index in [1.807, 2.05) is 30.3 Å². The monoisotopic (exact) mass is 456 g/mol. The SMILES string of the molecule is CN(C)C(=O)Sc1ccccc1NC(=O)COc1ccc(I)cc1. The first-order valence-corrected chi connectivity index (χ1v) is 9.01. The Bertz CT molecular complexity index is 720. The molecule has 0 aliphatic rings. The van der Waals surface area contributed by atoms with Crippen molar-refractivity contribution in [2.45, 2.75) is 4.90 Å². The molecular weight excluding hydrogens is 439 g/mol. The molecule has 0 atom stereocenters. The third-order valence-corrected chi connectivity index (χ3v) is 4.74. The summed E-state index contributed by atoms with van der Waals surface area (Å²) < 4.78 is 6.55. The van der Waals surface area contributed by atoms with E-state index in [0.717, 1.165) is 15.3 Å². The number of hydrogen-bond acceptors (Lipinski definition) is 4. The number of nitrogens with one attached hydrogen (secondary N) is 1. The number of nitrogens with zero attached hydrogens (tertiary/aromatic N) is 1. The highest BCUT2D eigenvalue weighted by Crippen LogP contribution is 2.28. The number of benzene rings is 2. The van der Waals surface area contributed by atoms with Crippen molar-refractivity contribution in [3.8, 4) is 5.75 Å². The van der Waals surface area contributed by atoms with Crippen LogP contribution in [0.3, 0.4) is 0 Å². The lowest BCUT2D eigenvalue weighted by molar-refractivity contribution is -0.118. The first-order chi connectivity index (χ1) is 11.5. The van der Waals surface area contributed by atoms with Crippen LogP contribution in [0, 0.1) is 3.57 Å². The number of amides is 2. The maximum Gasteiger partial charge on any atom is 0.286 e. The van der Waals surface area contributed by atoms with Gasteiger partial charge in [0.2, 0.25) is 0 Å². The lowest BCUT2D eigenvalue weighted by Crippen LogP contribution is -2.21. The van der Waals surface area contributed by atoms with Gasteiger partial charge in [0, 0.05) is 22.6 Å². The van der Waals surface area contributed by atoms with Gasteiger partial charge in [0.15, 0.2) is 6.61 Å². The molecular formula is C17H17IN2O3S. The molecule has 2 aromatic rings. The topological polar surface area (TPSA) is 58.6 Å².